The molecule has 2 aliphatic rings. The number of aromatic nitrogens is 1. The lowest BCUT2D eigenvalue weighted by atomic mass is 9.82. The molecular formula is C22H26ClN3O2. The van der Waals surface area contributed by atoms with Crippen molar-refractivity contribution in [3.05, 3.63) is 53.2 Å². The number of morpholine rings is 1. The summed E-state index contributed by atoms with van der Waals surface area (Å²) < 4.78 is 5.38. The largest absolute Gasteiger partial charge is 0.378 e. The zero-order valence-corrected chi connectivity index (χ0v) is 16.9. The molecule has 1 aromatic carbocycles. The number of ether oxygens (including phenoxy) is 1. The lowest BCUT2D eigenvalue weighted by molar-refractivity contribution is -0.116. The van der Waals surface area contributed by atoms with E-state index in [0.29, 0.717) is 6.42 Å². The number of rotatable bonds is 6. The number of pyridine rings is 1. The van der Waals surface area contributed by atoms with Crippen LogP contribution in [0.5, 0.6) is 0 Å². The molecule has 1 unspecified atom stereocenters. The highest BCUT2D eigenvalue weighted by Gasteiger charge is 2.46. The van der Waals surface area contributed by atoms with Crippen molar-refractivity contribution in [2.45, 2.75) is 32.1 Å². The molecule has 2 fully saturated rings. The van der Waals surface area contributed by atoms with Gasteiger partial charge in [0.05, 0.1) is 25.1 Å². The summed E-state index contributed by atoms with van der Waals surface area (Å²) in [5.41, 5.74) is 1.95. The van der Waals surface area contributed by atoms with Gasteiger partial charge in [-0.25, -0.2) is 4.98 Å². The normalized spacial score (nSPS) is 19.1. The van der Waals surface area contributed by atoms with Crippen LogP contribution in [-0.2, 0) is 9.53 Å². The monoisotopic (exact) mass is 399 g/mol. The van der Waals surface area contributed by atoms with Crippen molar-refractivity contribution in [2.75, 3.05) is 36.5 Å². The van der Waals surface area contributed by atoms with Gasteiger partial charge in [-0.1, -0.05) is 36.7 Å². The van der Waals surface area contributed by atoms with Gasteiger partial charge in [0.15, 0.2) is 0 Å². The van der Waals surface area contributed by atoms with Crippen LogP contribution < -0.4 is 10.2 Å². The van der Waals surface area contributed by atoms with Gasteiger partial charge in [0.1, 0.15) is 5.82 Å². The Labute approximate surface area is 171 Å². The lowest BCUT2D eigenvalue weighted by Crippen LogP contribution is -2.36. The number of halogens is 1. The Kier molecular flexibility index (Phi) is 5.56. The fourth-order valence-electron chi connectivity index (χ4n) is 3.87. The third-order valence-corrected chi connectivity index (χ3v) is 6.26. The Bertz CT molecular complexity index is 830. The molecule has 4 rings (SSSR count). The van der Waals surface area contributed by atoms with E-state index in [0.717, 1.165) is 61.2 Å². The first-order valence-electron chi connectivity index (χ1n) is 9.88. The SMILES string of the molecule is CC1(C(CC(=O)Nc2ccc(N3CCOCC3)nc2)c2ccccc2Cl)CC1. The molecule has 1 saturated heterocycles. The zero-order valence-electron chi connectivity index (χ0n) is 16.2. The van der Waals surface area contributed by atoms with Crippen LogP contribution in [0.3, 0.4) is 0 Å². The van der Waals surface area contributed by atoms with Crippen molar-refractivity contribution < 1.29 is 9.53 Å². The van der Waals surface area contributed by atoms with Crippen LogP contribution in [0.1, 0.15) is 37.7 Å². The molecule has 6 heteroatoms. The summed E-state index contributed by atoms with van der Waals surface area (Å²) in [6.45, 7) is 5.38. The number of carbonyl (C=O) groups excluding carboxylic acids is 1. The summed E-state index contributed by atoms with van der Waals surface area (Å²) >= 11 is 6.43. The van der Waals surface area contributed by atoms with Crippen molar-refractivity contribution in [3.63, 3.8) is 0 Å². The molecule has 28 heavy (non-hydrogen) atoms. The van der Waals surface area contributed by atoms with Gasteiger partial charge in [-0.05, 0) is 47.9 Å². The summed E-state index contributed by atoms with van der Waals surface area (Å²) in [6.07, 6.45) is 4.41. The molecule has 2 heterocycles. The van der Waals surface area contributed by atoms with Gasteiger partial charge < -0.3 is 15.0 Å². The number of anilines is 2. The average Bonchev–Trinajstić information content (AvgIpc) is 3.46. The van der Waals surface area contributed by atoms with Gasteiger partial charge in [-0.15, -0.1) is 0 Å². The first kappa shape index (κ1) is 19.2. The van der Waals surface area contributed by atoms with Crippen molar-refractivity contribution in [3.8, 4) is 0 Å². The molecular weight excluding hydrogens is 374 g/mol. The van der Waals surface area contributed by atoms with E-state index in [1.165, 1.54) is 0 Å². The maximum absolute atomic E-state index is 12.8. The predicted octanol–water partition coefficient (Wildman–Crippen LogP) is 4.48. The molecule has 1 N–H and O–H groups in total. The molecule has 1 aliphatic heterocycles. The van der Waals surface area contributed by atoms with Crippen LogP contribution in [0.25, 0.3) is 0 Å². The van der Waals surface area contributed by atoms with Gasteiger partial charge >= 0.3 is 0 Å². The summed E-state index contributed by atoms with van der Waals surface area (Å²) in [6, 6.07) is 11.7. The number of hydrogen-bond donors (Lipinski definition) is 1. The molecule has 1 aromatic heterocycles. The molecule has 0 spiro atoms. The number of carbonyl (C=O) groups is 1. The maximum Gasteiger partial charge on any atom is 0.225 e. The first-order valence-corrected chi connectivity index (χ1v) is 10.3. The van der Waals surface area contributed by atoms with Gasteiger partial charge in [0.25, 0.3) is 0 Å². The highest BCUT2D eigenvalue weighted by atomic mass is 35.5. The van der Waals surface area contributed by atoms with Gasteiger partial charge in [-0.2, -0.15) is 0 Å². The van der Waals surface area contributed by atoms with Crippen molar-refractivity contribution >= 4 is 29.0 Å². The van der Waals surface area contributed by atoms with Crippen molar-refractivity contribution in [1.29, 1.82) is 0 Å². The second kappa shape index (κ2) is 8.10. The van der Waals surface area contributed by atoms with Crippen LogP contribution in [0.4, 0.5) is 11.5 Å². The summed E-state index contributed by atoms with van der Waals surface area (Å²) in [7, 11) is 0. The Morgan fingerprint density at radius 3 is 2.64 bits per heavy atom. The minimum Gasteiger partial charge on any atom is -0.378 e. The summed E-state index contributed by atoms with van der Waals surface area (Å²) in [5.74, 6) is 1.04. The second-order valence-electron chi connectivity index (χ2n) is 7.98. The standard InChI is InChI=1S/C22H26ClN3O2/c1-22(8-9-22)18(17-4-2-3-5-19(17)23)14-21(27)25-16-6-7-20(24-15-16)26-10-12-28-13-11-26/h2-7,15,18H,8-14H2,1H3,(H,25,27). The molecule has 0 bridgehead atoms. The van der Waals surface area contributed by atoms with Crippen LogP contribution in [0.15, 0.2) is 42.6 Å². The molecule has 0 radical (unpaired) electrons. The van der Waals surface area contributed by atoms with Gasteiger partial charge in [0, 0.05) is 24.5 Å². The van der Waals surface area contributed by atoms with E-state index in [4.69, 9.17) is 16.3 Å². The fraction of sp³-hybridized carbons (Fsp3) is 0.455. The Morgan fingerprint density at radius 2 is 2.00 bits per heavy atom. The predicted molar refractivity (Wildman–Crippen MR) is 112 cm³/mol. The third kappa shape index (κ3) is 4.31. The minimum absolute atomic E-state index is 0.000956. The Balaban J connectivity index is 1.42. The van der Waals surface area contributed by atoms with E-state index < -0.39 is 0 Å². The number of amides is 1. The van der Waals surface area contributed by atoms with Crippen LogP contribution in [-0.4, -0.2) is 37.2 Å². The molecule has 1 saturated carbocycles. The van der Waals surface area contributed by atoms with E-state index in [1.54, 1.807) is 6.20 Å². The zero-order chi connectivity index (χ0) is 19.6. The van der Waals surface area contributed by atoms with Crippen LogP contribution in [0.2, 0.25) is 5.02 Å². The van der Waals surface area contributed by atoms with Gasteiger partial charge in [-0.3, -0.25) is 4.79 Å². The second-order valence-corrected chi connectivity index (χ2v) is 8.39. The maximum atomic E-state index is 12.8. The molecule has 2 aromatic rings. The number of benzene rings is 1. The number of nitrogens with zero attached hydrogens (tertiary/aromatic N) is 2. The van der Waals surface area contributed by atoms with E-state index >= 15 is 0 Å². The molecule has 148 valence electrons. The van der Waals surface area contributed by atoms with Crippen LogP contribution >= 0.6 is 11.6 Å². The first-order chi connectivity index (χ1) is 13.5. The Morgan fingerprint density at radius 1 is 1.25 bits per heavy atom. The summed E-state index contributed by atoms with van der Waals surface area (Å²) in [5, 5.41) is 3.74. The van der Waals surface area contributed by atoms with Gasteiger partial charge in [0.2, 0.25) is 5.91 Å². The topological polar surface area (TPSA) is 54.5 Å². The smallest absolute Gasteiger partial charge is 0.225 e. The van der Waals surface area contributed by atoms with E-state index in [2.05, 4.69) is 22.1 Å². The molecule has 1 aliphatic carbocycles. The third-order valence-electron chi connectivity index (χ3n) is 5.92. The highest BCUT2D eigenvalue weighted by Crippen LogP contribution is 2.57. The van der Waals surface area contributed by atoms with Crippen molar-refractivity contribution in [2.24, 2.45) is 5.41 Å². The van der Waals surface area contributed by atoms with E-state index in [-0.39, 0.29) is 17.2 Å². The van der Waals surface area contributed by atoms with Crippen LogP contribution in [0, 0.1) is 5.41 Å². The quantitative estimate of drug-likeness (QED) is 0.777. The molecule has 5 nitrogen and oxygen atoms in total. The average molecular weight is 400 g/mol. The number of hydrogen-bond acceptors (Lipinski definition) is 4. The summed E-state index contributed by atoms with van der Waals surface area (Å²) in [4.78, 5) is 19.5. The lowest BCUT2D eigenvalue weighted by Gasteiger charge is -2.27. The molecule has 1 amide bonds. The van der Waals surface area contributed by atoms with Crippen molar-refractivity contribution in [1.82, 2.24) is 4.98 Å². The Hall–Kier alpha value is -2.11. The number of nitrogens with one attached hydrogen (secondary N) is 1. The fourth-order valence-corrected chi connectivity index (χ4v) is 4.14. The molecule has 1 atom stereocenters. The highest BCUT2D eigenvalue weighted by molar-refractivity contribution is 6.31. The minimum atomic E-state index is -0.000956. The van der Waals surface area contributed by atoms with E-state index in [9.17, 15) is 4.79 Å². The van der Waals surface area contributed by atoms with E-state index in [1.807, 2.05) is 36.4 Å².